The zero-order chi connectivity index (χ0) is 20.7. The molecule has 0 aromatic heterocycles. The van der Waals surface area contributed by atoms with Crippen LogP contribution in [0.2, 0.25) is 0 Å². The van der Waals surface area contributed by atoms with Crippen molar-refractivity contribution in [2.24, 2.45) is 5.14 Å². The van der Waals surface area contributed by atoms with Gasteiger partial charge in [-0.1, -0.05) is 18.2 Å². The highest BCUT2D eigenvalue weighted by atomic mass is 32.2. The molecule has 2 aromatic rings. The average Bonchev–Trinajstić information content (AvgIpc) is 2.62. The number of halogens is 1. The fraction of sp³-hybridized carbons (Fsp3) is 0.235. The summed E-state index contributed by atoms with van der Waals surface area (Å²) in [6, 6.07) is 9.47. The number of nitro groups is 1. The molecule has 0 fully saturated rings. The number of hydrogen-bond donors (Lipinski definition) is 3. The minimum Gasteiger partial charge on any atom is -0.379 e. The highest BCUT2D eigenvalue weighted by molar-refractivity contribution is 7.89. The predicted octanol–water partition coefficient (Wildman–Crippen LogP) is 1.54. The molecule has 28 heavy (non-hydrogen) atoms. The summed E-state index contributed by atoms with van der Waals surface area (Å²) in [5, 5.41) is 21.4. The first-order valence-electron chi connectivity index (χ1n) is 8.23. The minimum atomic E-state index is -4.07. The smallest absolute Gasteiger partial charge is 0.293 e. The van der Waals surface area contributed by atoms with Gasteiger partial charge in [0.05, 0.1) is 9.82 Å². The van der Waals surface area contributed by atoms with Crippen molar-refractivity contribution >= 4 is 27.3 Å². The highest BCUT2D eigenvalue weighted by Gasteiger charge is 2.19. The molecule has 0 aliphatic rings. The first kappa shape index (κ1) is 21.3. The number of amides is 1. The number of benzene rings is 2. The maximum absolute atomic E-state index is 13.5. The molecule has 0 heterocycles. The first-order chi connectivity index (χ1) is 13.2. The fourth-order valence-electron chi connectivity index (χ4n) is 2.43. The van der Waals surface area contributed by atoms with Gasteiger partial charge >= 0.3 is 0 Å². The number of nitrogens with zero attached hydrogens (tertiary/aromatic N) is 1. The zero-order valence-electron chi connectivity index (χ0n) is 14.7. The number of anilines is 1. The van der Waals surface area contributed by atoms with E-state index in [1.165, 1.54) is 12.1 Å². The van der Waals surface area contributed by atoms with Crippen molar-refractivity contribution in [3.05, 3.63) is 64.0 Å². The van der Waals surface area contributed by atoms with Gasteiger partial charge in [-0.2, -0.15) is 0 Å². The summed E-state index contributed by atoms with van der Waals surface area (Å²) < 4.78 is 36.1. The van der Waals surface area contributed by atoms with E-state index in [1.807, 2.05) is 0 Å². The van der Waals surface area contributed by atoms with Gasteiger partial charge in [0.2, 0.25) is 15.9 Å². The molecule has 2 rings (SSSR count). The lowest BCUT2D eigenvalue weighted by atomic mass is 10.1. The molecule has 0 saturated heterocycles. The zero-order valence-corrected chi connectivity index (χ0v) is 15.5. The van der Waals surface area contributed by atoms with Crippen LogP contribution in [0.25, 0.3) is 0 Å². The van der Waals surface area contributed by atoms with Crippen LogP contribution < -0.4 is 15.8 Å². The molecule has 0 aliphatic carbocycles. The van der Waals surface area contributed by atoms with Crippen LogP contribution in [0, 0.1) is 15.9 Å². The summed E-state index contributed by atoms with van der Waals surface area (Å²) in [6.45, 7) is 0.337. The van der Waals surface area contributed by atoms with Crippen molar-refractivity contribution in [1.82, 2.24) is 5.32 Å². The number of nitro benzene ring substituents is 1. The molecule has 9 nitrogen and oxygen atoms in total. The van der Waals surface area contributed by atoms with Crippen molar-refractivity contribution < 1.29 is 22.5 Å². The van der Waals surface area contributed by atoms with Crippen LogP contribution in [0.5, 0.6) is 0 Å². The number of sulfonamides is 1. The second kappa shape index (κ2) is 9.24. The summed E-state index contributed by atoms with van der Waals surface area (Å²) in [5.74, 6) is -0.652. The number of primary sulfonamides is 1. The molecule has 0 aliphatic heterocycles. The van der Waals surface area contributed by atoms with E-state index in [9.17, 15) is 27.7 Å². The van der Waals surface area contributed by atoms with E-state index in [0.717, 1.165) is 12.1 Å². The van der Waals surface area contributed by atoms with Crippen LogP contribution in [0.3, 0.4) is 0 Å². The molecule has 150 valence electrons. The Balaban J connectivity index is 1.86. The molecule has 1 amide bonds. The Morgan fingerprint density at radius 2 is 1.89 bits per heavy atom. The van der Waals surface area contributed by atoms with Gasteiger partial charge in [-0.3, -0.25) is 14.9 Å². The van der Waals surface area contributed by atoms with Gasteiger partial charge in [0, 0.05) is 25.6 Å². The maximum Gasteiger partial charge on any atom is 0.293 e. The molecular weight excluding hydrogens is 391 g/mol. The van der Waals surface area contributed by atoms with Crippen molar-refractivity contribution in [3.8, 4) is 0 Å². The van der Waals surface area contributed by atoms with E-state index >= 15 is 0 Å². The Hall–Kier alpha value is -3.05. The second-order valence-corrected chi connectivity index (χ2v) is 7.41. The maximum atomic E-state index is 13.5. The Kier molecular flexibility index (Phi) is 7.01. The van der Waals surface area contributed by atoms with E-state index in [0.29, 0.717) is 12.0 Å². The Labute approximate surface area is 160 Å². The van der Waals surface area contributed by atoms with Crippen LogP contribution in [0.1, 0.15) is 12.0 Å². The lowest BCUT2D eigenvalue weighted by Gasteiger charge is -2.09. The number of hydrogen-bond acceptors (Lipinski definition) is 6. The van der Waals surface area contributed by atoms with Crippen LogP contribution in [-0.2, 0) is 21.2 Å². The monoisotopic (exact) mass is 410 g/mol. The van der Waals surface area contributed by atoms with Crippen molar-refractivity contribution in [2.45, 2.75) is 17.7 Å². The summed E-state index contributed by atoms with van der Waals surface area (Å²) in [6.07, 6.45) is 0.359. The molecular formula is C17H19FN4O5S. The van der Waals surface area contributed by atoms with Crippen molar-refractivity contribution in [2.75, 3.05) is 18.4 Å². The van der Waals surface area contributed by atoms with Crippen LogP contribution in [-0.4, -0.2) is 32.3 Å². The van der Waals surface area contributed by atoms with Crippen LogP contribution in [0.4, 0.5) is 15.8 Å². The van der Waals surface area contributed by atoms with Gasteiger partial charge < -0.3 is 10.6 Å². The molecule has 0 atom stereocenters. The summed E-state index contributed by atoms with van der Waals surface area (Å²) in [7, 11) is -4.07. The normalized spacial score (nSPS) is 11.1. The Bertz CT molecular complexity index is 981. The SMILES string of the molecule is NS(=O)(=O)c1ccc(NCCC(=O)NCCc2ccccc2F)c([N+](=O)[O-])c1. The van der Waals surface area contributed by atoms with E-state index in [4.69, 9.17) is 5.14 Å². The van der Waals surface area contributed by atoms with E-state index in [1.54, 1.807) is 18.2 Å². The van der Waals surface area contributed by atoms with Crippen LogP contribution >= 0.6 is 0 Å². The molecule has 0 radical (unpaired) electrons. The highest BCUT2D eigenvalue weighted by Crippen LogP contribution is 2.27. The molecule has 0 spiro atoms. The number of nitrogens with one attached hydrogen (secondary N) is 2. The third-order valence-corrected chi connectivity index (χ3v) is 4.75. The number of rotatable bonds is 9. The summed E-state index contributed by atoms with van der Waals surface area (Å²) in [5.41, 5.74) is 0.0922. The predicted molar refractivity (Wildman–Crippen MR) is 101 cm³/mol. The molecule has 0 saturated carbocycles. The van der Waals surface area contributed by atoms with Gasteiger partial charge in [-0.05, 0) is 30.2 Å². The van der Waals surface area contributed by atoms with Crippen molar-refractivity contribution in [3.63, 3.8) is 0 Å². The lowest BCUT2D eigenvalue weighted by molar-refractivity contribution is -0.384. The second-order valence-electron chi connectivity index (χ2n) is 5.85. The van der Waals surface area contributed by atoms with Gasteiger partial charge in [-0.25, -0.2) is 17.9 Å². The average molecular weight is 410 g/mol. The largest absolute Gasteiger partial charge is 0.379 e. The van der Waals surface area contributed by atoms with Gasteiger partial charge in [0.15, 0.2) is 0 Å². The molecule has 0 unspecified atom stereocenters. The summed E-state index contributed by atoms with van der Waals surface area (Å²) in [4.78, 5) is 21.8. The molecule has 2 aromatic carbocycles. The van der Waals surface area contributed by atoms with E-state index in [-0.39, 0.29) is 41.8 Å². The van der Waals surface area contributed by atoms with Gasteiger partial charge in [0.1, 0.15) is 11.5 Å². The minimum absolute atomic E-state index is 0.0192. The van der Waals surface area contributed by atoms with E-state index < -0.39 is 20.6 Å². The van der Waals surface area contributed by atoms with Gasteiger partial charge in [0.25, 0.3) is 5.69 Å². The Morgan fingerprint density at radius 1 is 1.18 bits per heavy atom. The standard InChI is InChI=1S/C17H19FN4O5S/c18-14-4-2-1-3-12(14)7-9-21-17(23)8-10-20-15-6-5-13(28(19,26)27)11-16(15)22(24)25/h1-6,11,20H,7-10H2,(H,21,23)(H2,19,26,27). The number of nitrogens with two attached hydrogens (primary N) is 1. The van der Waals surface area contributed by atoms with Gasteiger partial charge in [-0.15, -0.1) is 0 Å². The third-order valence-electron chi connectivity index (χ3n) is 3.84. The number of carbonyl (C=O) groups excluding carboxylic acids is 1. The fourth-order valence-corrected chi connectivity index (χ4v) is 2.96. The van der Waals surface area contributed by atoms with E-state index in [2.05, 4.69) is 10.6 Å². The number of carbonyl (C=O) groups is 1. The summed E-state index contributed by atoms with van der Waals surface area (Å²) >= 11 is 0. The quantitative estimate of drug-likeness (QED) is 0.422. The molecule has 4 N–H and O–H groups in total. The van der Waals surface area contributed by atoms with Crippen LogP contribution in [0.15, 0.2) is 47.4 Å². The topological polar surface area (TPSA) is 144 Å². The lowest BCUT2D eigenvalue weighted by Crippen LogP contribution is -2.27. The first-order valence-corrected chi connectivity index (χ1v) is 9.78. The van der Waals surface area contributed by atoms with Crippen molar-refractivity contribution in [1.29, 1.82) is 0 Å². The molecule has 11 heteroatoms. The molecule has 0 bridgehead atoms. The third kappa shape index (κ3) is 5.99. The Morgan fingerprint density at radius 3 is 2.54 bits per heavy atom.